The van der Waals surface area contributed by atoms with Crippen LogP contribution in [0.25, 0.3) is 11.3 Å². The van der Waals surface area contributed by atoms with E-state index in [1.807, 2.05) is 0 Å². The summed E-state index contributed by atoms with van der Waals surface area (Å²) >= 11 is 0. The van der Waals surface area contributed by atoms with Crippen molar-refractivity contribution >= 4 is 17.4 Å². The van der Waals surface area contributed by atoms with Crippen LogP contribution in [0.15, 0.2) is 65.5 Å². The van der Waals surface area contributed by atoms with Crippen molar-refractivity contribution in [3.05, 3.63) is 82.4 Å². The van der Waals surface area contributed by atoms with Gasteiger partial charge in [-0.25, -0.2) is 9.07 Å². The van der Waals surface area contributed by atoms with Gasteiger partial charge < -0.3 is 5.32 Å². The maximum Gasteiger partial charge on any atom is 0.266 e. The van der Waals surface area contributed by atoms with Gasteiger partial charge in [0.15, 0.2) is 5.78 Å². The third kappa shape index (κ3) is 5.44. The number of aromatic nitrogens is 2. The van der Waals surface area contributed by atoms with Crippen LogP contribution in [0.4, 0.5) is 10.1 Å². The van der Waals surface area contributed by atoms with Crippen molar-refractivity contribution < 1.29 is 14.0 Å². The predicted octanol–water partition coefficient (Wildman–Crippen LogP) is 3.67. The number of halogens is 1. The van der Waals surface area contributed by atoms with Crippen molar-refractivity contribution in [3.63, 3.8) is 0 Å². The van der Waals surface area contributed by atoms with E-state index in [1.54, 1.807) is 42.5 Å². The third-order valence-electron chi connectivity index (χ3n) is 4.36. The Morgan fingerprint density at radius 1 is 1.00 bits per heavy atom. The first-order valence-electron chi connectivity index (χ1n) is 9.17. The first kappa shape index (κ1) is 20.1. The number of amides is 1. The summed E-state index contributed by atoms with van der Waals surface area (Å²) in [5.41, 5.74) is 2.17. The molecule has 1 aromatic heterocycles. The maximum atomic E-state index is 13.1. The van der Waals surface area contributed by atoms with Crippen molar-refractivity contribution in [2.24, 2.45) is 0 Å². The van der Waals surface area contributed by atoms with Crippen LogP contribution < -0.4 is 10.9 Å². The minimum absolute atomic E-state index is 0.0383. The molecule has 3 rings (SSSR count). The highest BCUT2D eigenvalue weighted by molar-refractivity contribution is 5.95. The molecule has 6 nitrogen and oxygen atoms in total. The summed E-state index contributed by atoms with van der Waals surface area (Å²) in [7, 11) is 0. The number of aryl methyl sites for hydroxylation is 1. The lowest BCUT2D eigenvalue weighted by Crippen LogP contribution is -2.23. The molecule has 1 amide bonds. The quantitative estimate of drug-likeness (QED) is 0.621. The Bertz CT molecular complexity index is 1070. The molecular weight excluding hydrogens is 373 g/mol. The summed E-state index contributed by atoms with van der Waals surface area (Å²) in [5.74, 6) is -0.573. The summed E-state index contributed by atoms with van der Waals surface area (Å²) in [4.78, 5) is 35.4. The van der Waals surface area contributed by atoms with Gasteiger partial charge in [-0.2, -0.15) is 5.10 Å². The van der Waals surface area contributed by atoms with Gasteiger partial charge in [-0.1, -0.05) is 0 Å². The highest BCUT2D eigenvalue weighted by Crippen LogP contribution is 2.16. The van der Waals surface area contributed by atoms with Crippen LogP contribution in [-0.2, 0) is 11.3 Å². The number of nitrogens with zero attached hydrogens (tertiary/aromatic N) is 2. The monoisotopic (exact) mass is 393 g/mol. The number of carbonyl (C=O) groups excluding carboxylic acids is 2. The molecule has 29 heavy (non-hydrogen) atoms. The lowest BCUT2D eigenvalue weighted by atomic mass is 10.1. The van der Waals surface area contributed by atoms with Gasteiger partial charge in [0.25, 0.3) is 5.56 Å². The smallest absolute Gasteiger partial charge is 0.266 e. The topological polar surface area (TPSA) is 81.1 Å². The highest BCUT2D eigenvalue weighted by Gasteiger charge is 2.07. The van der Waals surface area contributed by atoms with E-state index in [0.717, 1.165) is 0 Å². The van der Waals surface area contributed by atoms with E-state index >= 15 is 0 Å². The van der Waals surface area contributed by atoms with E-state index in [2.05, 4.69) is 10.4 Å². The Balaban J connectivity index is 1.57. The number of Topliss-reactive ketones (excluding diaryl/α,β-unsaturated/α-hetero) is 1. The van der Waals surface area contributed by atoms with Gasteiger partial charge in [0.1, 0.15) is 5.82 Å². The summed E-state index contributed by atoms with van der Waals surface area (Å²) < 4.78 is 14.4. The number of nitrogens with one attached hydrogen (secondary N) is 1. The zero-order valence-corrected chi connectivity index (χ0v) is 15.9. The average molecular weight is 393 g/mol. The molecule has 0 radical (unpaired) electrons. The minimum atomic E-state index is -0.344. The molecule has 2 aromatic carbocycles. The molecule has 0 unspecified atom stereocenters. The fourth-order valence-corrected chi connectivity index (χ4v) is 2.78. The second-order valence-corrected chi connectivity index (χ2v) is 6.57. The van der Waals surface area contributed by atoms with Gasteiger partial charge >= 0.3 is 0 Å². The predicted molar refractivity (Wildman–Crippen MR) is 108 cm³/mol. The number of ketones is 1. The molecule has 0 saturated heterocycles. The van der Waals surface area contributed by atoms with Gasteiger partial charge in [-0.15, -0.1) is 0 Å². The van der Waals surface area contributed by atoms with E-state index in [0.29, 0.717) is 28.9 Å². The lowest BCUT2D eigenvalue weighted by Gasteiger charge is -2.08. The van der Waals surface area contributed by atoms with Crippen LogP contribution in [0, 0.1) is 5.82 Å². The summed E-state index contributed by atoms with van der Waals surface area (Å²) in [6.07, 6.45) is 0.639. The molecule has 1 N–H and O–H groups in total. The highest BCUT2D eigenvalue weighted by atomic mass is 19.1. The number of carbonyl (C=O) groups is 2. The number of anilines is 1. The fourth-order valence-electron chi connectivity index (χ4n) is 2.78. The molecule has 0 saturated carbocycles. The van der Waals surface area contributed by atoms with Gasteiger partial charge in [0.05, 0.1) is 5.69 Å². The molecule has 0 aliphatic heterocycles. The summed E-state index contributed by atoms with van der Waals surface area (Å²) in [6, 6.07) is 15.5. The Hall–Kier alpha value is -3.61. The van der Waals surface area contributed by atoms with Crippen molar-refractivity contribution in [1.29, 1.82) is 0 Å². The molecule has 148 valence electrons. The van der Waals surface area contributed by atoms with Crippen LogP contribution in [0.5, 0.6) is 0 Å². The molecule has 0 atom stereocenters. The van der Waals surface area contributed by atoms with Crippen LogP contribution in [-0.4, -0.2) is 21.5 Å². The lowest BCUT2D eigenvalue weighted by molar-refractivity contribution is -0.116. The molecule has 0 aliphatic carbocycles. The fraction of sp³-hybridized carbons (Fsp3) is 0.182. The van der Waals surface area contributed by atoms with E-state index in [1.165, 1.54) is 29.8 Å². The number of benzene rings is 2. The Morgan fingerprint density at radius 2 is 1.69 bits per heavy atom. The van der Waals surface area contributed by atoms with E-state index in [9.17, 15) is 18.8 Å². The Labute approximate surface area is 167 Å². The molecule has 0 aliphatic rings. The number of hydrogen-bond donors (Lipinski definition) is 1. The maximum absolute atomic E-state index is 13.1. The van der Waals surface area contributed by atoms with E-state index in [4.69, 9.17) is 0 Å². The zero-order valence-electron chi connectivity index (χ0n) is 15.9. The number of rotatable bonds is 7. The summed E-state index contributed by atoms with van der Waals surface area (Å²) in [5, 5.41) is 7.06. The van der Waals surface area contributed by atoms with Gasteiger partial charge in [-0.05, 0) is 67.9 Å². The van der Waals surface area contributed by atoms with E-state index < -0.39 is 0 Å². The van der Waals surface area contributed by atoms with Crippen molar-refractivity contribution in [3.8, 4) is 11.3 Å². The van der Waals surface area contributed by atoms with Crippen molar-refractivity contribution in [1.82, 2.24) is 9.78 Å². The second-order valence-electron chi connectivity index (χ2n) is 6.57. The zero-order chi connectivity index (χ0) is 20.8. The van der Waals surface area contributed by atoms with E-state index in [-0.39, 0.29) is 36.0 Å². The molecule has 0 fully saturated rings. The summed E-state index contributed by atoms with van der Waals surface area (Å²) in [6.45, 7) is 1.76. The normalized spacial score (nSPS) is 10.6. The second kappa shape index (κ2) is 9.05. The Morgan fingerprint density at radius 3 is 2.34 bits per heavy atom. The van der Waals surface area contributed by atoms with Crippen LogP contribution in [0.3, 0.4) is 0 Å². The average Bonchev–Trinajstić information content (AvgIpc) is 2.70. The first-order chi connectivity index (χ1) is 13.9. The molecule has 7 heteroatoms. The Kier molecular flexibility index (Phi) is 6.29. The molecule has 3 aromatic rings. The molecular formula is C22H20FN3O3. The molecule has 0 spiro atoms. The molecule has 1 heterocycles. The van der Waals surface area contributed by atoms with Crippen LogP contribution >= 0.6 is 0 Å². The largest absolute Gasteiger partial charge is 0.326 e. The van der Waals surface area contributed by atoms with Crippen LogP contribution in [0.1, 0.15) is 30.1 Å². The van der Waals surface area contributed by atoms with Crippen molar-refractivity contribution in [2.45, 2.75) is 26.3 Å². The van der Waals surface area contributed by atoms with Crippen LogP contribution in [0.2, 0.25) is 0 Å². The number of hydrogen-bond acceptors (Lipinski definition) is 4. The van der Waals surface area contributed by atoms with Gasteiger partial charge in [-0.3, -0.25) is 14.4 Å². The van der Waals surface area contributed by atoms with Gasteiger partial charge in [0.2, 0.25) is 5.91 Å². The van der Waals surface area contributed by atoms with Crippen molar-refractivity contribution in [2.75, 3.05) is 5.32 Å². The SMILES string of the molecule is CC(=O)c1ccc(NC(=O)CCCn2nc(-c3ccc(F)cc3)ccc2=O)cc1. The third-order valence-corrected chi connectivity index (χ3v) is 4.36. The molecule has 0 bridgehead atoms. The van der Waals surface area contributed by atoms with Gasteiger partial charge in [0, 0.05) is 35.8 Å². The minimum Gasteiger partial charge on any atom is -0.326 e. The standard InChI is InChI=1S/C22H20FN3O3/c1-15(27)16-6-10-19(11-7-16)24-21(28)3-2-14-26-22(29)13-12-20(25-26)17-4-8-18(23)9-5-17/h4-13H,2-3,14H2,1H3,(H,24,28). The first-order valence-corrected chi connectivity index (χ1v) is 9.17.